The third kappa shape index (κ3) is 3.65. The molecular formula is C16H16ClN3O3S2. The van der Waals surface area contributed by atoms with Gasteiger partial charge in [-0.1, -0.05) is 23.4 Å². The lowest BCUT2D eigenvalue weighted by atomic mass is 9.95. The van der Waals surface area contributed by atoms with E-state index in [4.69, 9.17) is 16.3 Å². The molecule has 0 saturated carbocycles. The first kappa shape index (κ1) is 18.2. The van der Waals surface area contributed by atoms with Crippen LogP contribution in [0.1, 0.15) is 44.1 Å². The quantitative estimate of drug-likeness (QED) is 0.479. The van der Waals surface area contributed by atoms with E-state index in [2.05, 4.69) is 15.3 Å². The molecule has 2 aromatic rings. The van der Waals surface area contributed by atoms with Crippen molar-refractivity contribution < 1.29 is 14.3 Å². The van der Waals surface area contributed by atoms with E-state index in [9.17, 15) is 9.59 Å². The number of nitrogens with one attached hydrogen (secondary N) is 1. The zero-order chi connectivity index (χ0) is 18.0. The number of anilines is 1. The van der Waals surface area contributed by atoms with Crippen LogP contribution in [0.25, 0.3) is 0 Å². The average molecular weight is 398 g/mol. The molecule has 0 saturated heterocycles. The lowest BCUT2D eigenvalue weighted by Gasteiger charge is -2.11. The number of aromatic nitrogens is 2. The molecule has 0 unspecified atom stereocenters. The summed E-state index contributed by atoms with van der Waals surface area (Å²) in [5.41, 5.74) is 1.52. The van der Waals surface area contributed by atoms with E-state index in [1.165, 1.54) is 36.4 Å². The Hall–Kier alpha value is -1.64. The summed E-state index contributed by atoms with van der Waals surface area (Å²) in [7, 11) is 1.34. The standard InChI is InChI=1S/C16H16ClN3O3S2/c1-23-15(22)11-8-5-3-4-6-10(8)25-14(11)20-13(21)12-9(17)7-18-16(19-12)24-2/h7H,3-6H2,1-2H3,(H,20,21). The second-order valence-corrected chi connectivity index (χ2v) is 7.70. The molecule has 1 N–H and O–H groups in total. The van der Waals surface area contributed by atoms with Crippen LogP contribution < -0.4 is 5.32 Å². The molecule has 0 atom stereocenters. The Labute approximate surface area is 158 Å². The Bertz CT molecular complexity index is 838. The molecular weight excluding hydrogens is 382 g/mol. The van der Waals surface area contributed by atoms with Crippen molar-refractivity contribution in [2.45, 2.75) is 30.8 Å². The molecule has 2 aromatic heterocycles. The van der Waals surface area contributed by atoms with Crippen LogP contribution in [-0.4, -0.2) is 35.2 Å². The third-order valence-corrected chi connectivity index (χ3v) is 5.95. The number of methoxy groups -OCH3 is 1. The van der Waals surface area contributed by atoms with E-state index in [1.54, 1.807) is 0 Å². The fourth-order valence-corrected chi connectivity index (χ4v) is 4.53. The fourth-order valence-electron chi connectivity index (χ4n) is 2.74. The largest absolute Gasteiger partial charge is 0.465 e. The summed E-state index contributed by atoms with van der Waals surface area (Å²) >= 11 is 8.80. The number of thiophene rings is 1. The summed E-state index contributed by atoms with van der Waals surface area (Å²) in [4.78, 5) is 34.2. The fraction of sp³-hybridized carbons (Fsp3) is 0.375. The van der Waals surface area contributed by atoms with Gasteiger partial charge < -0.3 is 10.1 Å². The molecule has 1 aliphatic rings. The van der Waals surface area contributed by atoms with Crippen LogP contribution in [0.2, 0.25) is 5.02 Å². The normalized spacial score (nSPS) is 13.2. The Morgan fingerprint density at radius 1 is 1.36 bits per heavy atom. The van der Waals surface area contributed by atoms with Crippen LogP contribution in [-0.2, 0) is 17.6 Å². The maximum absolute atomic E-state index is 12.6. The van der Waals surface area contributed by atoms with Gasteiger partial charge in [0.15, 0.2) is 10.9 Å². The van der Waals surface area contributed by atoms with Crippen LogP contribution in [0, 0.1) is 0 Å². The third-order valence-electron chi connectivity index (χ3n) is 3.91. The van der Waals surface area contributed by atoms with Gasteiger partial charge in [-0.3, -0.25) is 4.79 Å². The van der Waals surface area contributed by atoms with E-state index in [1.807, 2.05) is 6.26 Å². The highest BCUT2D eigenvalue weighted by Crippen LogP contribution is 2.38. The number of halogens is 1. The van der Waals surface area contributed by atoms with E-state index in [0.29, 0.717) is 15.7 Å². The Morgan fingerprint density at radius 3 is 2.84 bits per heavy atom. The Kier molecular flexibility index (Phi) is 5.61. The number of aryl methyl sites for hydroxylation is 1. The highest BCUT2D eigenvalue weighted by Gasteiger charge is 2.27. The van der Waals surface area contributed by atoms with E-state index in [0.717, 1.165) is 36.1 Å². The highest BCUT2D eigenvalue weighted by atomic mass is 35.5. The van der Waals surface area contributed by atoms with Gasteiger partial charge in [-0.05, 0) is 37.5 Å². The number of fused-ring (bicyclic) bond motifs is 1. The smallest absolute Gasteiger partial charge is 0.341 e. The zero-order valence-corrected chi connectivity index (χ0v) is 16.1. The summed E-state index contributed by atoms with van der Waals surface area (Å²) in [6.45, 7) is 0. The summed E-state index contributed by atoms with van der Waals surface area (Å²) in [5.74, 6) is -0.903. The molecule has 9 heteroatoms. The molecule has 0 spiro atoms. The van der Waals surface area contributed by atoms with Gasteiger partial charge in [-0.2, -0.15) is 0 Å². The summed E-state index contributed by atoms with van der Waals surface area (Å²) in [5, 5.41) is 3.89. The number of carbonyl (C=O) groups is 2. The lowest BCUT2D eigenvalue weighted by molar-refractivity contribution is 0.0601. The van der Waals surface area contributed by atoms with Crippen molar-refractivity contribution in [3.8, 4) is 0 Å². The van der Waals surface area contributed by atoms with Crippen LogP contribution in [0.15, 0.2) is 11.4 Å². The maximum Gasteiger partial charge on any atom is 0.341 e. The molecule has 0 radical (unpaired) electrons. The summed E-state index contributed by atoms with van der Waals surface area (Å²) < 4.78 is 4.91. The van der Waals surface area contributed by atoms with Crippen molar-refractivity contribution in [2.75, 3.05) is 18.7 Å². The van der Waals surface area contributed by atoms with E-state index < -0.39 is 11.9 Å². The minimum absolute atomic E-state index is 0.0863. The van der Waals surface area contributed by atoms with Gasteiger partial charge in [0, 0.05) is 4.88 Å². The number of amides is 1. The predicted molar refractivity (Wildman–Crippen MR) is 99.1 cm³/mol. The number of rotatable bonds is 4. The van der Waals surface area contributed by atoms with Gasteiger partial charge in [0.1, 0.15) is 5.00 Å². The van der Waals surface area contributed by atoms with Crippen molar-refractivity contribution >= 4 is 51.6 Å². The van der Waals surface area contributed by atoms with Gasteiger partial charge in [-0.25, -0.2) is 14.8 Å². The number of hydrogen-bond donors (Lipinski definition) is 1. The Balaban J connectivity index is 1.96. The highest BCUT2D eigenvalue weighted by molar-refractivity contribution is 7.98. The lowest BCUT2D eigenvalue weighted by Crippen LogP contribution is -2.17. The number of esters is 1. The van der Waals surface area contributed by atoms with Gasteiger partial charge in [0.2, 0.25) is 0 Å². The molecule has 2 heterocycles. The summed E-state index contributed by atoms with van der Waals surface area (Å²) in [6.07, 6.45) is 7.04. The number of thioether (sulfide) groups is 1. The van der Waals surface area contributed by atoms with Crippen molar-refractivity contribution in [1.82, 2.24) is 9.97 Å². The van der Waals surface area contributed by atoms with Crippen LogP contribution in [0.5, 0.6) is 0 Å². The minimum atomic E-state index is -0.466. The van der Waals surface area contributed by atoms with Gasteiger partial charge in [-0.15, -0.1) is 11.3 Å². The molecule has 25 heavy (non-hydrogen) atoms. The van der Waals surface area contributed by atoms with E-state index in [-0.39, 0.29) is 10.7 Å². The number of ether oxygens (including phenoxy) is 1. The van der Waals surface area contributed by atoms with Crippen molar-refractivity contribution in [3.05, 3.63) is 32.9 Å². The molecule has 132 valence electrons. The number of nitrogens with zero attached hydrogens (tertiary/aromatic N) is 2. The topological polar surface area (TPSA) is 81.2 Å². The van der Waals surface area contributed by atoms with Crippen LogP contribution >= 0.6 is 34.7 Å². The molecule has 0 bridgehead atoms. The minimum Gasteiger partial charge on any atom is -0.465 e. The first-order valence-corrected chi connectivity index (χ1v) is 10.1. The van der Waals surface area contributed by atoms with E-state index >= 15 is 0 Å². The van der Waals surface area contributed by atoms with Gasteiger partial charge >= 0.3 is 5.97 Å². The van der Waals surface area contributed by atoms with Crippen LogP contribution in [0.3, 0.4) is 0 Å². The predicted octanol–water partition coefficient (Wildman–Crippen LogP) is 3.83. The zero-order valence-electron chi connectivity index (χ0n) is 13.7. The van der Waals surface area contributed by atoms with Crippen molar-refractivity contribution in [3.63, 3.8) is 0 Å². The number of carbonyl (C=O) groups excluding carboxylic acids is 2. The number of hydrogen-bond acceptors (Lipinski definition) is 7. The van der Waals surface area contributed by atoms with Crippen molar-refractivity contribution in [1.29, 1.82) is 0 Å². The average Bonchev–Trinajstić information content (AvgIpc) is 2.99. The maximum atomic E-state index is 12.6. The molecule has 0 aliphatic heterocycles. The first-order valence-electron chi connectivity index (χ1n) is 7.66. The first-order chi connectivity index (χ1) is 12.0. The molecule has 6 nitrogen and oxygen atoms in total. The van der Waals surface area contributed by atoms with Gasteiger partial charge in [0.05, 0.1) is 23.9 Å². The molecule has 3 rings (SSSR count). The summed E-state index contributed by atoms with van der Waals surface area (Å²) in [6, 6.07) is 0. The van der Waals surface area contributed by atoms with Crippen LogP contribution in [0.4, 0.5) is 5.00 Å². The molecule has 1 amide bonds. The molecule has 0 fully saturated rings. The SMILES string of the molecule is COC(=O)c1c(NC(=O)c2nc(SC)ncc2Cl)sc2c1CCCC2. The van der Waals surface area contributed by atoms with Crippen molar-refractivity contribution in [2.24, 2.45) is 0 Å². The second-order valence-electron chi connectivity index (χ2n) is 5.41. The monoisotopic (exact) mass is 397 g/mol. The Morgan fingerprint density at radius 2 is 2.12 bits per heavy atom. The second kappa shape index (κ2) is 7.72. The molecule has 1 aliphatic carbocycles. The van der Waals surface area contributed by atoms with Gasteiger partial charge in [0.25, 0.3) is 5.91 Å². The molecule has 0 aromatic carbocycles.